The molecule has 0 aromatic carbocycles. The summed E-state index contributed by atoms with van der Waals surface area (Å²) in [6.45, 7) is 4.91. The van der Waals surface area contributed by atoms with Crippen molar-refractivity contribution < 1.29 is 14.7 Å². The van der Waals surface area contributed by atoms with Crippen LogP contribution in [0.4, 0.5) is 0 Å². The number of hydrogen-bond acceptors (Lipinski definition) is 3. The minimum atomic E-state index is -0.499. The molecule has 0 bridgehead atoms. The van der Waals surface area contributed by atoms with Crippen molar-refractivity contribution in [2.24, 2.45) is 11.8 Å². The fraction of sp³-hybridized carbons (Fsp3) is 0.846. The second-order valence-corrected chi connectivity index (χ2v) is 4.93. The van der Waals surface area contributed by atoms with Crippen LogP contribution in [0, 0.1) is 11.8 Å². The summed E-state index contributed by atoms with van der Waals surface area (Å²) in [5, 5.41) is 15.4. The molecule has 1 aliphatic heterocycles. The fourth-order valence-corrected chi connectivity index (χ4v) is 2.36. The Morgan fingerprint density at radius 3 is 2.72 bits per heavy atom. The zero-order chi connectivity index (χ0) is 13.5. The molecule has 0 radical (unpaired) electrons. The molecular weight excluding hydrogens is 232 g/mol. The topological polar surface area (TPSA) is 78.4 Å². The Morgan fingerprint density at radius 2 is 2.17 bits per heavy atom. The molecule has 0 aromatic heterocycles. The predicted octanol–water partition coefficient (Wildman–Crippen LogP) is 0.426. The van der Waals surface area contributed by atoms with Gasteiger partial charge < -0.3 is 15.7 Å². The maximum Gasteiger partial charge on any atom is 0.223 e. The molecule has 2 amide bonds. The lowest BCUT2D eigenvalue weighted by atomic mass is 9.95. The first-order valence-electron chi connectivity index (χ1n) is 6.80. The normalized spacial score (nSPS) is 21.6. The van der Waals surface area contributed by atoms with Crippen molar-refractivity contribution in [3.05, 3.63) is 0 Å². The Labute approximate surface area is 108 Å². The van der Waals surface area contributed by atoms with Gasteiger partial charge >= 0.3 is 0 Å². The number of aliphatic hydroxyl groups is 1. The van der Waals surface area contributed by atoms with Gasteiger partial charge in [0.15, 0.2) is 0 Å². The van der Waals surface area contributed by atoms with Crippen LogP contribution in [0.5, 0.6) is 0 Å². The first-order valence-corrected chi connectivity index (χ1v) is 6.80. The number of nitrogens with one attached hydrogen (secondary N) is 2. The highest BCUT2D eigenvalue weighted by Gasteiger charge is 2.26. The second kappa shape index (κ2) is 7.36. The van der Waals surface area contributed by atoms with Crippen LogP contribution in [0.2, 0.25) is 0 Å². The van der Waals surface area contributed by atoms with E-state index in [1.165, 1.54) is 0 Å². The third kappa shape index (κ3) is 4.29. The minimum absolute atomic E-state index is 0.0676. The van der Waals surface area contributed by atoms with Crippen LogP contribution in [0.1, 0.15) is 39.5 Å². The van der Waals surface area contributed by atoms with Gasteiger partial charge in [0.05, 0.1) is 6.10 Å². The number of aliphatic hydroxyl groups excluding tert-OH is 1. The molecule has 1 saturated heterocycles. The Bertz CT molecular complexity index is 290. The highest BCUT2D eigenvalue weighted by molar-refractivity contribution is 5.86. The van der Waals surface area contributed by atoms with Gasteiger partial charge in [-0.05, 0) is 12.3 Å². The molecule has 0 spiro atoms. The van der Waals surface area contributed by atoms with E-state index >= 15 is 0 Å². The summed E-state index contributed by atoms with van der Waals surface area (Å²) in [5.74, 6) is -0.204. The Balaban J connectivity index is 2.33. The van der Waals surface area contributed by atoms with Crippen LogP contribution in [-0.4, -0.2) is 36.1 Å². The van der Waals surface area contributed by atoms with Gasteiger partial charge in [-0.1, -0.05) is 26.7 Å². The highest BCUT2D eigenvalue weighted by atomic mass is 16.3. The van der Waals surface area contributed by atoms with E-state index in [1.807, 2.05) is 13.8 Å². The van der Waals surface area contributed by atoms with Crippen molar-refractivity contribution >= 4 is 11.8 Å². The molecule has 1 aliphatic rings. The largest absolute Gasteiger partial charge is 0.391 e. The monoisotopic (exact) mass is 256 g/mol. The fourth-order valence-electron chi connectivity index (χ4n) is 2.36. The van der Waals surface area contributed by atoms with Gasteiger partial charge in [0.1, 0.15) is 0 Å². The standard InChI is InChI=1S/C13H24N2O3/c1-3-9(4-2)11(16)8-15-13(18)10-5-6-14-12(17)7-10/h9-11,16H,3-8H2,1-2H3,(H,14,17)(H,15,18). The lowest BCUT2D eigenvalue weighted by Crippen LogP contribution is -2.44. The van der Waals surface area contributed by atoms with Gasteiger partial charge in [-0.2, -0.15) is 0 Å². The molecule has 2 atom stereocenters. The SMILES string of the molecule is CCC(CC)C(O)CNC(=O)C1CCNC(=O)C1. The van der Waals surface area contributed by atoms with Crippen molar-refractivity contribution in [3.63, 3.8) is 0 Å². The summed E-state index contributed by atoms with van der Waals surface area (Å²) in [6.07, 6.45) is 2.24. The summed E-state index contributed by atoms with van der Waals surface area (Å²) in [6, 6.07) is 0. The van der Waals surface area contributed by atoms with Crippen LogP contribution in [0.15, 0.2) is 0 Å². The van der Waals surface area contributed by atoms with Crippen LogP contribution in [0.25, 0.3) is 0 Å². The van der Waals surface area contributed by atoms with E-state index in [0.29, 0.717) is 13.0 Å². The lowest BCUT2D eigenvalue weighted by molar-refractivity contribution is -0.132. The minimum Gasteiger partial charge on any atom is -0.391 e. The maximum absolute atomic E-state index is 11.8. The smallest absolute Gasteiger partial charge is 0.223 e. The third-order valence-corrected chi connectivity index (χ3v) is 3.70. The van der Waals surface area contributed by atoms with E-state index in [1.54, 1.807) is 0 Å². The van der Waals surface area contributed by atoms with Gasteiger partial charge in [0.25, 0.3) is 0 Å². The van der Waals surface area contributed by atoms with Crippen molar-refractivity contribution in [2.75, 3.05) is 13.1 Å². The lowest BCUT2D eigenvalue weighted by Gasteiger charge is -2.24. The zero-order valence-corrected chi connectivity index (χ0v) is 11.2. The van der Waals surface area contributed by atoms with Crippen molar-refractivity contribution in [3.8, 4) is 0 Å². The third-order valence-electron chi connectivity index (χ3n) is 3.70. The number of rotatable bonds is 6. The average Bonchev–Trinajstić information content (AvgIpc) is 2.37. The first-order chi connectivity index (χ1) is 8.58. The van der Waals surface area contributed by atoms with Crippen molar-refractivity contribution in [2.45, 2.75) is 45.6 Å². The Hall–Kier alpha value is -1.10. The van der Waals surface area contributed by atoms with Crippen molar-refractivity contribution in [1.82, 2.24) is 10.6 Å². The quantitative estimate of drug-likeness (QED) is 0.644. The summed E-state index contributed by atoms with van der Waals surface area (Å²) in [5.41, 5.74) is 0. The molecule has 1 rings (SSSR count). The summed E-state index contributed by atoms with van der Waals surface area (Å²) < 4.78 is 0. The first kappa shape index (κ1) is 15.0. The Morgan fingerprint density at radius 1 is 1.50 bits per heavy atom. The van der Waals surface area contributed by atoms with Crippen LogP contribution >= 0.6 is 0 Å². The number of carbonyl (C=O) groups is 2. The van der Waals surface area contributed by atoms with Crippen molar-refractivity contribution in [1.29, 1.82) is 0 Å². The van der Waals surface area contributed by atoms with Gasteiger partial charge in [-0.15, -0.1) is 0 Å². The van der Waals surface area contributed by atoms with E-state index in [9.17, 15) is 14.7 Å². The van der Waals surface area contributed by atoms with E-state index in [-0.39, 0.29) is 36.6 Å². The van der Waals surface area contributed by atoms with Gasteiger partial charge in [0, 0.05) is 25.4 Å². The molecule has 18 heavy (non-hydrogen) atoms. The molecule has 0 aliphatic carbocycles. The molecule has 104 valence electrons. The molecule has 1 heterocycles. The zero-order valence-electron chi connectivity index (χ0n) is 11.2. The molecule has 5 nitrogen and oxygen atoms in total. The van der Waals surface area contributed by atoms with Crippen LogP contribution in [-0.2, 0) is 9.59 Å². The molecule has 3 N–H and O–H groups in total. The van der Waals surface area contributed by atoms with E-state index < -0.39 is 6.10 Å². The maximum atomic E-state index is 11.8. The van der Waals surface area contributed by atoms with Gasteiger partial charge in [-0.3, -0.25) is 9.59 Å². The molecule has 0 saturated carbocycles. The predicted molar refractivity (Wildman–Crippen MR) is 68.8 cm³/mol. The molecular formula is C13H24N2O3. The Kier molecular flexibility index (Phi) is 6.12. The summed E-state index contributed by atoms with van der Waals surface area (Å²) >= 11 is 0. The molecule has 2 unspecified atom stereocenters. The molecule has 5 heteroatoms. The number of piperidine rings is 1. The van der Waals surface area contributed by atoms with E-state index in [0.717, 1.165) is 12.8 Å². The summed E-state index contributed by atoms with van der Waals surface area (Å²) in [7, 11) is 0. The van der Waals surface area contributed by atoms with E-state index in [2.05, 4.69) is 10.6 Å². The molecule has 1 fully saturated rings. The van der Waals surface area contributed by atoms with Gasteiger partial charge in [0.2, 0.25) is 11.8 Å². The summed E-state index contributed by atoms with van der Waals surface area (Å²) in [4.78, 5) is 23.0. The van der Waals surface area contributed by atoms with E-state index in [4.69, 9.17) is 0 Å². The van der Waals surface area contributed by atoms with Crippen LogP contribution < -0.4 is 10.6 Å². The average molecular weight is 256 g/mol. The number of carbonyl (C=O) groups excluding carboxylic acids is 2. The second-order valence-electron chi connectivity index (χ2n) is 4.93. The number of hydrogen-bond donors (Lipinski definition) is 3. The number of amides is 2. The molecule has 0 aromatic rings. The van der Waals surface area contributed by atoms with Gasteiger partial charge in [-0.25, -0.2) is 0 Å². The highest BCUT2D eigenvalue weighted by Crippen LogP contribution is 2.14. The van der Waals surface area contributed by atoms with Crippen LogP contribution in [0.3, 0.4) is 0 Å².